The van der Waals surface area contributed by atoms with Crippen LogP contribution in [0.3, 0.4) is 0 Å². The molecular formula is C21H28N2O6S. The van der Waals surface area contributed by atoms with Crippen LogP contribution in [0.2, 0.25) is 0 Å². The number of hydrogen-bond acceptors (Lipinski definition) is 6. The van der Waals surface area contributed by atoms with Crippen molar-refractivity contribution >= 4 is 27.3 Å². The van der Waals surface area contributed by atoms with Gasteiger partial charge in [0.2, 0.25) is 15.9 Å². The van der Waals surface area contributed by atoms with Gasteiger partial charge < -0.3 is 19.5 Å². The van der Waals surface area contributed by atoms with Crippen molar-refractivity contribution in [3.63, 3.8) is 0 Å². The monoisotopic (exact) mass is 436 g/mol. The van der Waals surface area contributed by atoms with Crippen molar-refractivity contribution in [3.8, 4) is 17.2 Å². The Labute approximate surface area is 177 Å². The Morgan fingerprint density at radius 3 is 2.17 bits per heavy atom. The molecule has 2 aromatic carbocycles. The molecule has 2 rings (SSSR count). The van der Waals surface area contributed by atoms with Crippen LogP contribution in [0.5, 0.6) is 17.2 Å². The first-order valence-corrected chi connectivity index (χ1v) is 11.3. The summed E-state index contributed by atoms with van der Waals surface area (Å²) in [7, 11) is -0.732. The van der Waals surface area contributed by atoms with Crippen LogP contribution in [0.15, 0.2) is 42.5 Å². The van der Waals surface area contributed by atoms with Crippen LogP contribution < -0.4 is 23.8 Å². The summed E-state index contributed by atoms with van der Waals surface area (Å²) in [6, 6.07) is 10.6. The van der Waals surface area contributed by atoms with Gasteiger partial charge in [0, 0.05) is 6.07 Å². The quantitative estimate of drug-likeness (QED) is 0.614. The van der Waals surface area contributed by atoms with Crippen LogP contribution in [0.1, 0.15) is 20.3 Å². The largest absolute Gasteiger partial charge is 0.497 e. The lowest BCUT2D eigenvalue weighted by Crippen LogP contribution is -2.47. The zero-order chi connectivity index (χ0) is 22.3. The molecule has 0 aliphatic carbocycles. The highest BCUT2D eigenvalue weighted by atomic mass is 32.2. The van der Waals surface area contributed by atoms with E-state index in [9.17, 15) is 13.2 Å². The summed E-state index contributed by atoms with van der Waals surface area (Å²) in [6.07, 6.45) is 1.35. The first-order valence-electron chi connectivity index (χ1n) is 9.50. The zero-order valence-corrected chi connectivity index (χ0v) is 18.7. The molecule has 0 aliphatic heterocycles. The summed E-state index contributed by atoms with van der Waals surface area (Å²) >= 11 is 0. The van der Waals surface area contributed by atoms with E-state index in [-0.39, 0.29) is 6.42 Å². The van der Waals surface area contributed by atoms with E-state index < -0.39 is 22.0 Å². The normalized spacial score (nSPS) is 12.0. The number of amides is 1. The summed E-state index contributed by atoms with van der Waals surface area (Å²) < 4.78 is 42.2. The third-order valence-electron chi connectivity index (χ3n) is 4.40. The van der Waals surface area contributed by atoms with E-state index in [1.54, 1.807) is 49.4 Å². The Morgan fingerprint density at radius 1 is 1.03 bits per heavy atom. The van der Waals surface area contributed by atoms with Crippen molar-refractivity contribution in [2.24, 2.45) is 0 Å². The van der Waals surface area contributed by atoms with E-state index in [2.05, 4.69) is 5.32 Å². The first-order chi connectivity index (χ1) is 14.2. The van der Waals surface area contributed by atoms with Gasteiger partial charge in [-0.05, 0) is 49.7 Å². The highest BCUT2D eigenvalue weighted by Crippen LogP contribution is 2.30. The van der Waals surface area contributed by atoms with Gasteiger partial charge in [-0.25, -0.2) is 8.42 Å². The molecule has 0 fully saturated rings. The van der Waals surface area contributed by atoms with Gasteiger partial charge in [-0.3, -0.25) is 9.10 Å². The molecule has 0 aromatic heterocycles. The number of nitrogens with one attached hydrogen (secondary N) is 1. The Kier molecular flexibility index (Phi) is 7.93. The number of ether oxygens (including phenoxy) is 3. The Bertz CT molecular complexity index is 960. The maximum absolute atomic E-state index is 13.1. The fourth-order valence-corrected chi connectivity index (χ4v) is 4.25. The fourth-order valence-electron chi connectivity index (χ4n) is 3.03. The summed E-state index contributed by atoms with van der Waals surface area (Å²) in [5.41, 5.74) is 0.798. The Morgan fingerprint density at radius 2 is 1.67 bits per heavy atom. The van der Waals surface area contributed by atoms with E-state index in [0.717, 1.165) is 10.6 Å². The average molecular weight is 437 g/mol. The number of carbonyl (C=O) groups is 1. The highest BCUT2D eigenvalue weighted by Gasteiger charge is 2.32. The summed E-state index contributed by atoms with van der Waals surface area (Å²) in [5.74, 6) is 1.13. The van der Waals surface area contributed by atoms with Gasteiger partial charge in [0.05, 0.1) is 38.5 Å². The number of benzene rings is 2. The van der Waals surface area contributed by atoms with E-state index in [1.807, 2.05) is 6.92 Å². The van der Waals surface area contributed by atoms with E-state index >= 15 is 0 Å². The van der Waals surface area contributed by atoms with Crippen molar-refractivity contribution < 1.29 is 27.4 Å². The van der Waals surface area contributed by atoms with Crippen LogP contribution in [0.25, 0.3) is 0 Å². The molecule has 1 N–H and O–H groups in total. The molecule has 8 nitrogen and oxygen atoms in total. The number of sulfonamides is 1. The Balaban J connectivity index is 2.36. The fraction of sp³-hybridized carbons (Fsp3) is 0.381. The first kappa shape index (κ1) is 23.3. The van der Waals surface area contributed by atoms with Crippen LogP contribution >= 0.6 is 0 Å². The number of carbonyl (C=O) groups excluding carboxylic acids is 1. The molecule has 30 heavy (non-hydrogen) atoms. The number of anilines is 2. The van der Waals surface area contributed by atoms with Crippen LogP contribution in [0.4, 0.5) is 11.4 Å². The van der Waals surface area contributed by atoms with Crippen molar-refractivity contribution in [2.45, 2.75) is 26.3 Å². The van der Waals surface area contributed by atoms with Gasteiger partial charge in [-0.2, -0.15) is 0 Å². The van der Waals surface area contributed by atoms with Gasteiger partial charge in [-0.15, -0.1) is 0 Å². The molecule has 1 atom stereocenters. The third-order valence-corrected chi connectivity index (χ3v) is 5.58. The number of hydrogen-bond donors (Lipinski definition) is 1. The van der Waals surface area contributed by atoms with E-state index in [4.69, 9.17) is 14.2 Å². The summed E-state index contributed by atoms with van der Waals surface area (Å²) in [6.45, 7) is 4.11. The topological polar surface area (TPSA) is 94.2 Å². The van der Waals surface area contributed by atoms with Gasteiger partial charge in [0.1, 0.15) is 23.3 Å². The predicted octanol–water partition coefficient (Wildman–Crippen LogP) is 3.29. The molecule has 0 heterocycles. The van der Waals surface area contributed by atoms with Crippen LogP contribution in [-0.2, 0) is 14.8 Å². The maximum atomic E-state index is 13.1. The Hall–Kier alpha value is -2.94. The minimum absolute atomic E-state index is 0.268. The van der Waals surface area contributed by atoms with E-state index in [0.29, 0.717) is 35.2 Å². The van der Waals surface area contributed by atoms with E-state index in [1.165, 1.54) is 14.2 Å². The lowest BCUT2D eigenvalue weighted by atomic mass is 10.1. The lowest BCUT2D eigenvalue weighted by Gasteiger charge is -2.30. The van der Waals surface area contributed by atoms with Gasteiger partial charge >= 0.3 is 0 Å². The van der Waals surface area contributed by atoms with Crippen LogP contribution in [0, 0.1) is 0 Å². The predicted molar refractivity (Wildman–Crippen MR) is 117 cm³/mol. The molecular weight excluding hydrogens is 408 g/mol. The molecule has 0 radical (unpaired) electrons. The van der Waals surface area contributed by atoms with Gasteiger partial charge in [-0.1, -0.05) is 6.92 Å². The average Bonchev–Trinajstić information content (AvgIpc) is 2.72. The molecule has 1 amide bonds. The molecule has 0 saturated carbocycles. The maximum Gasteiger partial charge on any atom is 0.248 e. The van der Waals surface area contributed by atoms with Crippen molar-refractivity contribution in [3.05, 3.63) is 42.5 Å². The number of methoxy groups -OCH3 is 2. The summed E-state index contributed by atoms with van der Waals surface area (Å²) in [4.78, 5) is 13.1. The molecule has 0 saturated heterocycles. The standard InChI is InChI=1S/C21H28N2O6S/c1-6-19(21(24)22-18-13-12-17(27-3)14-20(18)28-4)23(30(5,25)26)15-8-10-16(11-9-15)29-7-2/h8-14,19H,6-7H2,1-5H3,(H,22,24)/t19-/m0/s1. The second-order valence-electron chi connectivity index (χ2n) is 6.47. The highest BCUT2D eigenvalue weighted by molar-refractivity contribution is 7.92. The zero-order valence-electron chi connectivity index (χ0n) is 17.8. The van der Waals surface area contributed by atoms with Gasteiger partial charge in [0.15, 0.2) is 0 Å². The lowest BCUT2D eigenvalue weighted by molar-refractivity contribution is -0.117. The molecule has 0 bridgehead atoms. The third kappa shape index (κ3) is 5.56. The minimum atomic E-state index is -3.74. The number of rotatable bonds is 10. The molecule has 9 heteroatoms. The second-order valence-corrected chi connectivity index (χ2v) is 8.32. The van der Waals surface area contributed by atoms with Crippen molar-refractivity contribution in [1.29, 1.82) is 0 Å². The second kappa shape index (κ2) is 10.2. The molecule has 0 spiro atoms. The molecule has 164 valence electrons. The SMILES string of the molecule is CCOc1ccc(N([C@@H](CC)C(=O)Nc2ccc(OC)cc2OC)S(C)(=O)=O)cc1. The van der Waals surface area contributed by atoms with Crippen molar-refractivity contribution in [2.75, 3.05) is 36.7 Å². The molecule has 0 unspecified atom stereocenters. The molecule has 0 aliphatic rings. The molecule has 2 aromatic rings. The smallest absolute Gasteiger partial charge is 0.248 e. The van der Waals surface area contributed by atoms with Crippen molar-refractivity contribution in [1.82, 2.24) is 0 Å². The number of nitrogens with zero attached hydrogens (tertiary/aromatic N) is 1. The minimum Gasteiger partial charge on any atom is -0.497 e. The van der Waals surface area contributed by atoms with Gasteiger partial charge in [0.25, 0.3) is 0 Å². The van der Waals surface area contributed by atoms with Crippen LogP contribution in [-0.4, -0.2) is 47.4 Å². The summed E-state index contributed by atoms with van der Waals surface area (Å²) in [5, 5.41) is 2.77.